The molecular weight excluding hydrogens is 252 g/mol. The van der Waals surface area contributed by atoms with E-state index in [9.17, 15) is 4.79 Å². The summed E-state index contributed by atoms with van der Waals surface area (Å²) in [5.41, 5.74) is 2.29. The van der Waals surface area contributed by atoms with Gasteiger partial charge in [-0.15, -0.1) is 0 Å². The average molecular weight is 274 g/mol. The van der Waals surface area contributed by atoms with Crippen molar-refractivity contribution in [3.63, 3.8) is 0 Å². The summed E-state index contributed by atoms with van der Waals surface area (Å²) in [6, 6.07) is 8.84. The summed E-state index contributed by atoms with van der Waals surface area (Å²) in [6.45, 7) is 8.07. The van der Waals surface area contributed by atoms with Crippen molar-refractivity contribution in [3.8, 4) is 0 Å². The molecule has 2 aliphatic heterocycles. The summed E-state index contributed by atoms with van der Waals surface area (Å²) < 4.78 is 5.47. The number of nitrogens with zero attached hydrogens (tertiary/aromatic N) is 1. The van der Waals surface area contributed by atoms with Gasteiger partial charge in [0.05, 0.1) is 0 Å². The van der Waals surface area contributed by atoms with Gasteiger partial charge in [0.1, 0.15) is 5.60 Å². The molecular formula is C16H22N2O2. The molecule has 0 radical (unpaired) electrons. The van der Waals surface area contributed by atoms with Crippen molar-refractivity contribution in [2.75, 3.05) is 13.1 Å². The van der Waals surface area contributed by atoms with Gasteiger partial charge in [-0.3, -0.25) is 0 Å². The molecule has 1 aromatic rings. The lowest BCUT2D eigenvalue weighted by Gasteiger charge is -2.28. The fourth-order valence-electron chi connectivity index (χ4n) is 3.10. The Bertz CT molecular complexity index is 521. The number of fused-ring (bicyclic) bond motifs is 3. The van der Waals surface area contributed by atoms with E-state index in [4.69, 9.17) is 4.74 Å². The summed E-state index contributed by atoms with van der Waals surface area (Å²) in [6.07, 6.45) is -0.203. The van der Waals surface area contributed by atoms with Gasteiger partial charge >= 0.3 is 6.09 Å². The molecule has 0 bridgehead atoms. The molecule has 4 nitrogen and oxygen atoms in total. The number of benzene rings is 1. The number of carbonyl (C=O) groups is 1. The monoisotopic (exact) mass is 274 g/mol. The number of hydrogen-bond acceptors (Lipinski definition) is 3. The van der Waals surface area contributed by atoms with E-state index in [2.05, 4.69) is 29.6 Å². The standard InChI is InChI=1S/C16H22N2O2/c1-16(2,3)20-15(19)18-9-13-12-7-5-4-6-11(12)8-17-14(13)10-18/h4-7,13-14,17H,8-10H2,1-3H3/t13-,14-/m1/s1. The average Bonchev–Trinajstić information content (AvgIpc) is 2.81. The summed E-state index contributed by atoms with van der Waals surface area (Å²) in [5, 5.41) is 3.54. The van der Waals surface area contributed by atoms with Crippen LogP contribution in [0.15, 0.2) is 24.3 Å². The minimum absolute atomic E-state index is 0.203. The summed E-state index contributed by atoms with van der Waals surface area (Å²) in [4.78, 5) is 14.0. The fourth-order valence-corrected chi connectivity index (χ4v) is 3.10. The van der Waals surface area contributed by atoms with Crippen molar-refractivity contribution in [3.05, 3.63) is 35.4 Å². The molecule has 0 unspecified atom stereocenters. The Morgan fingerprint density at radius 2 is 2.05 bits per heavy atom. The number of rotatable bonds is 0. The molecule has 0 spiro atoms. The predicted octanol–water partition coefficient (Wildman–Crippen LogP) is 2.49. The van der Waals surface area contributed by atoms with Crippen LogP contribution in [0.4, 0.5) is 4.79 Å². The molecule has 2 heterocycles. The molecule has 1 saturated heterocycles. The van der Waals surface area contributed by atoms with Gasteiger partial charge in [-0.05, 0) is 31.9 Å². The normalized spacial score (nSPS) is 25.1. The van der Waals surface area contributed by atoms with Gasteiger partial charge in [0.2, 0.25) is 0 Å². The van der Waals surface area contributed by atoms with Crippen LogP contribution in [-0.2, 0) is 11.3 Å². The van der Waals surface area contributed by atoms with Gasteiger partial charge in [0.15, 0.2) is 0 Å². The molecule has 1 N–H and O–H groups in total. The fraction of sp³-hybridized carbons (Fsp3) is 0.562. The first kappa shape index (κ1) is 13.4. The van der Waals surface area contributed by atoms with Crippen LogP contribution >= 0.6 is 0 Å². The third kappa shape index (κ3) is 2.52. The second kappa shape index (κ2) is 4.77. The molecule has 0 aromatic heterocycles. The van der Waals surface area contributed by atoms with Crippen LogP contribution in [0, 0.1) is 0 Å². The maximum atomic E-state index is 12.2. The van der Waals surface area contributed by atoms with E-state index in [-0.39, 0.29) is 6.09 Å². The number of amides is 1. The van der Waals surface area contributed by atoms with E-state index in [1.54, 1.807) is 0 Å². The number of hydrogen-bond donors (Lipinski definition) is 1. The Kier molecular flexibility index (Phi) is 3.21. The number of nitrogens with one attached hydrogen (secondary N) is 1. The van der Waals surface area contributed by atoms with E-state index in [1.807, 2.05) is 25.7 Å². The van der Waals surface area contributed by atoms with Gasteiger partial charge in [-0.25, -0.2) is 4.79 Å². The molecule has 4 heteroatoms. The Morgan fingerprint density at radius 3 is 2.80 bits per heavy atom. The minimum Gasteiger partial charge on any atom is -0.444 e. The van der Waals surface area contributed by atoms with Crippen LogP contribution in [0.5, 0.6) is 0 Å². The van der Waals surface area contributed by atoms with Crippen molar-refractivity contribution in [1.29, 1.82) is 0 Å². The van der Waals surface area contributed by atoms with Crippen molar-refractivity contribution >= 4 is 6.09 Å². The molecule has 1 aromatic carbocycles. The molecule has 20 heavy (non-hydrogen) atoms. The van der Waals surface area contributed by atoms with E-state index < -0.39 is 5.60 Å². The van der Waals surface area contributed by atoms with Crippen LogP contribution in [-0.4, -0.2) is 35.7 Å². The first-order valence-corrected chi connectivity index (χ1v) is 7.23. The molecule has 1 amide bonds. The van der Waals surface area contributed by atoms with Crippen LogP contribution in [0.2, 0.25) is 0 Å². The topological polar surface area (TPSA) is 41.6 Å². The molecule has 3 rings (SSSR count). The number of carbonyl (C=O) groups excluding carboxylic acids is 1. The smallest absolute Gasteiger partial charge is 0.410 e. The maximum Gasteiger partial charge on any atom is 0.410 e. The third-order valence-corrected chi connectivity index (χ3v) is 3.98. The molecule has 0 aliphatic carbocycles. The highest BCUT2D eigenvalue weighted by Gasteiger charge is 2.40. The van der Waals surface area contributed by atoms with E-state index in [1.165, 1.54) is 11.1 Å². The molecule has 0 saturated carbocycles. The maximum absolute atomic E-state index is 12.2. The molecule has 1 fully saturated rings. The van der Waals surface area contributed by atoms with Crippen LogP contribution in [0.3, 0.4) is 0 Å². The van der Waals surface area contributed by atoms with E-state index in [0.29, 0.717) is 12.0 Å². The largest absolute Gasteiger partial charge is 0.444 e. The summed E-state index contributed by atoms with van der Waals surface area (Å²) in [5.74, 6) is 0.382. The zero-order valence-corrected chi connectivity index (χ0v) is 12.3. The summed E-state index contributed by atoms with van der Waals surface area (Å²) in [7, 11) is 0. The Morgan fingerprint density at radius 1 is 1.30 bits per heavy atom. The SMILES string of the molecule is CC(C)(C)OC(=O)N1C[C@@H]2c3ccccc3CN[C@@H]2C1. The van der Waals surface area contributed by atoms with Gasteiger partial charge in [0, 0.05) is 31.6 Å². The van der Waals surface area contributed by atoms with Crippen molar-refractivity contribution in [2.24, 2.45) is 0 Å². The first-order valence-electron chi connectivity index (χ1n) is 7.23. The lowest BCUT2D eigenvalue weighted by Crippen LogP contribution is -2.40. The van der Waals surface area contributed by atoms with Gasteiger partial charge < -0.3 is 15.0 Å². The van der Waals surface area contributed by atoms with Crippen LogP contribution < -0.4 is 5.32 Å². The second-order valence-corrected chi connectivity index (χ2v) is 6.68. The van der Waals surface area contributed by atoms with Gasteiger partial charge in [-0.2, -0.15) is 0 Å². The Balaban J connectivity index is 1.75. The lowest BCUT2D eigenvalue weighted by atomic mass is 9.87. The van der Waals surface area contributed by atoms with Crippen LogP contribution in [0.25, 0.3) is 0 Å². The van der Waals surface area contributed by atoms with Gasteiger partial charge in [0.25, 0.3) is 0 Å². The molecule has 108 valence electrons. The second-order valence-electron chi connectivity index (χ2n) is 6.68. The van der Waals surface area contributed by atoms with E-state index >= 15 is 0 Å². The Labute approximate surface area is 120 Å². The van der Waals surface area contributed by atoms with Crippen molar-refractivity contribution < 1.29 is 9.53 Å². The first-order chi connectivity index (χ1) is 9.44. The molecule has 2 aliphatic rings. The van der Waals surface area contributed by atoms with E-state index in [0.717, 1.165) is 19.6 Å². The highest BCUT2D eigenvalue weighted by molar-refractivity contribution is 5.69. The van der Waals surface area contributed by atoms with Crippen molar-refractivity contribution in [1.82, 2.24) is 10.2 Å². The van der Waals surface area contributed by atoms with Gasteiger partial charge in [-0.1, -0.05) is 24.3 Å². The highest BCUT2D eigenvalue weighted by Crippen LogP contribution is 2.34. The summed E-state index contributed by atoms with van der Waals surface area (Å²) >= 11 is 0. The number of likely N-dealkylation sites (tertiary alicyclic amines) is 1. The minimum atomic E-state index is -0.434. The predicted molar refractivity (Wildman–Crippen MR) is 77.6 cm³/mol. The zero-order chi connectivity index (χ0) is 14.3. The Hall–Kier alpha value is -1.55. The van der Waals surface area contributed by atoms with Crippen molar-refractivity contribution in [2.45, 2.75) is 44.9 Å². The number of ether oxygens (including phenoxy) is 1. The molecule has 2 atom stereocenters. The van der Waals surface area contributed by atoms with Crippen LogP contribution in [0.1, 0.15) is 37.8 Å². The quantitative estimate of drug-likeness (QED) is 0.790. The third-order valence-electron chi connectivity index (χ3n) is 3.98. The highest BCUT2D eigenvalue weighted by atomic mass is 16.6. The zero-order valence-electron chi connectivity index (χ0n) is 12.3. The lowest BCUT2D eigenvalue weighted by molar-refractivity contribution is 0.0289.